The van der Waals surface area contributed by atoms with Crippen molar-refractivity contribution in [3.05, 3.63) is 46.9 Å². The Labute approximate surface area is 172 Å². The largest absolute Gasteiger partial charge is 0.338 e. The molecule has 0 unspecified atom stereocenters. The van der Waals surface area contributed by atoms with Crippen LogP contribution in [0.4, 0.5) is 11.5 Å². The molecule has 0 saturated carbocycles. The highest BCUT2D eigenvalue weighted by molar-refractivity contribution is 6.33. The van der Waals surface area contributed by atoms with Crippen molar-refractivity contribution < 1.29 is 4.79 Å². The standard InChI is InChI=1S/C22H29ClN4O/c1-4-7-19-9-6-8-18(5-2)27(19)22(28)16-12-20(23)21(25-13-16)26-17-11-10-15(3)24-14-17/h10-14,18-19H,4-9H2,1-3H3,(H,25,26)/t18-,19-/m1/s1. The number of nitrogens with zero attached hydrogens (tertiary/aromatic N) is 3. The number of anilines is 2. The summed E-state index contributed by atoms with van der Waals surface area (Å²) in [7, 11) is 0. The average molecular weight is 401 g/mol. The number of hydrogen-bond acceptors (Lipinski definition) is 4. The molecule has 1 aliphatic rings. The van der Waals surface area contributed by atoms with Gasteiger partial charge >= 0.3 is 0 Å². The molecule has 5 nitrogen and oxygen atoms in total. The van der Waals surface area contributed by atoms with E-state index >= 15 is 0 Å². The number of hydrogen-bond donors (Lipinski definition) is 1. The van der Waals surface area contributed by atoms with Crippen molar-refractivity contribution in [1.82, 2.24) is 14.9 Å². The first kappa shape index (κ1) is 20.6. The van der Waals surface area contributed by atoms with E-state index in [1.807, 2.05) is 19.1 Å². The normalized spacial score (nSPS) is 19.5. The zero-order valence-electron chi connectivity index (χ0n) is 16.9. The van der Waals surface area contributed by atoms with Gasteiger partial charge in [0.2, 0.25) is 0 Å². The predicted octanol–water partition coefficient (Wildman–Crippen LogP) is 5.76. The van der Waals surface area contributed by atoms with E-state index in [4.69, 9.17) is 11.6 Å². The van der Waals surface area contributed by atoms with Crippen LogP contribution < -0.4 is 5.32 Å². The van der Waals surface area contributed by atoms with Gasteiger partial charge in [0.1, 0.15) is 5.82 Å². The van der Waals surface area contributed by atoms with E-state index < -0.39 is 0 Å². The summed E-state index contributed by atoms with van der Waals surface area (Å²) in [6, 6.07) is 6.18. The Morgan fingerprint density at radius 3 is 2.64 bits per heavy atom. The topological polar surface area (TPSA) is 58.1 Å². The average Bonchev–Trinajstić information content (AvgIpc) is 2.70. The van der Waals surface area contributed by atoms with Crippen LogP contribution in [0.1, 0.15) is 68.4 Å². The van der Waals surface area contributed by atoms with Crippen molar-refractivity contribution in [2.75, 3.05) is 5.32 Å². The number of aromatic nitrogens is 2. The highest BCUT2D eigenvalue weighted by Crippen LogP contribution is 2.31. The Morgan fingerprint density at radius 2 is 2.00 bits per heavy atom. The van der Waals surface area contributed by atoms with Gasteiger partial charge in [-0.15, -0.1) is 0 Å². The molecule has 2 aromatic rings. The fraction of sp³-hybridized carbons (Fsp3) is 0.500. The number of piperidine rings is 1. The minimum atomic E-state index is 0.0444. The molecular formula is C22H29ClN4O. The van der Waals surface area contributed by atoms with Gasteiger partial charge in [0.05, 0.1) is 22.5 Å². The van der Waals surface area contributed by atoms with Crippen molar-refractivity contribution in [2.45, 2.75) is 71.4 Å². The van der Waals surface area contributed by atoms with Crippen LogP contribution in [0.3, 0.4) is 0 Å². The molecule has 150 valence electrons. The summed E-state index contributed by atoms with van der Waals surface area (Å²) in [5, 5.41) is 3.60. The van der Waals surface area contributed by atoms with E-state index in [9.17, 15) is 4.79 Å². The molecule has 3 heterocycles. The minimum Gasteiger partial charge on any atom is -0.338 e. The Morgan fingerprint density at radius 1 is 1.21 bits per heavy atom. The third-order valence-electron chi connectivity index (χ3n) is 5.45. The molecule has 6 heteroatoms. The van der Waals surface area contributed by atoms with Gasteiger partial charge in [-0.3, -0.25) is 9.78 Å². The van der Waals surface area contributed by atoms with Crippen LogP contribution in [0.25, 0.3) is 0 Å². The van der Waals surface area contributed by atoms with Crippen LogP contribution in [0.2, 0.25) is 5.02 Å². The fourth-order valence-electron chi connectivity index (χ4n) is 3.99. The van der Waals surface area contributed by atoms with Gasteiger partial charge in [0.25, 0.3) is 5.91 Å². The van der Waals surface area contributed by atoms with Crippen LogP contribution in [0, 0.1) is 6.92 Å². The summed E-state index contributed by atoms with van der Waals surface area (Å²) in [5.41, 5.74) is 2.31. The Hall–Kier alpha value is -2.14. The minimum absolute atomic E-state index is 0.0444. The van der Waals surface area contributed by atoms with E-state index in [2.05, 4.69) is 34.0 Å². The Balaban J connectivity index is 1.81. The molecule has 1 saturated heterocycles. The second kappa shape index (κ2) is 9.37. The van der Waals surface area contributed by atoms with Crippen molar-refractivity contribution >= 4 is 29.0 Å². The number of pyridine rings is 2. The molecule has 2 aromatic heterocycles. The van der Waals surface area contributed by atoms with Gasteiger partial charge in [-0.1, -0.05) is 31.9 Å². The SMILES string of the molecule is CCC[C@@H]1CCC[C@@H](CC)N1C(=O)c1cnc(Nc2ccc(C)nc2)c(Cl)c1. The van der Waals surface area contributed by atoms with Gasteiger partial charge in [0, 0.05) is 24.0 Å². The Kier molecular flexibility index (Phi) is 6.89. The first-order valence-electron chi connectivity index (χ1n) is 10.2. The number of amides is 1. The van der Waals surface area contributed by atoms with Crippen molar-refractivity contribution in [3.63, 3.8) is 0 Å². The summed E-state index contributed by atoms with van der Waals surface area (Å²) in [4.78, 5) is 24.1. The number of rotatable bonds is 6. The molecule has 1 N–H and O–H groups in total. The molecule has 28 heavy (non-hydrogen) atoms. The van der Waals surface area contributed by atoms with Gasteiger partial charge in [-0.2, -0.15) is 0 Å². The lowest BCUT2D eigenvalue weighted by atomic mass is 9.91. The van der Waals surface area contributed by atoms with Crippen LogP contribution in [-0.4, -0.2) is 32.9 Å². The van der Waals surface area contributed by atoms with E-state index in [-0.39, 0.29) is 5.91 Å². The second-order valence-electron chi connectivity index (χ2n) is 7.52. The maximum absolute atomic E-state index is 13.3. The molecule has 0 aliphatic carbocycles. The predicted molar refractivity (Wildman–Crippen MR) is 114 cm³/mol. The highest BCUT2D eigenvalue weighted by atomic mass is 35.5. The summed E-state index contributed by atoms with van der Waals surface area (Å²) in [6.45, 7) is 6.27. The lowest BCUT2D eigenvalue weighted by Crippen LogP contribution is -2.49. The number of likely N-dealkylation sites (tertiary alicyclic amines) is 1. The summed E-state index contributed by atoms with van der Waals surface area (Å²) < 4.78 is 0. The maximum Gasteiger partial charge on any atom is 0.255 e. The van der Waals surface area contributed by atoms with Crippen molar-refractivity contribution in [1.29, 1.82) is 0 Å². The molecule has 0 spiro atoms. The molecular weight excluding hydrogens is 372 g/mol. The van der Waals surface area contributed by atoms with E-state index in [1.54, 1.807) is 18.5 Å². The number of nitrogens with one attached hydrogen (secondary N) is 1. The number of aryl methyl sites for hydroxylation is 1. The van der Waals surface area contributed by atoms with Crippen LogP contribution in [0.5, 0.6) is 0 Å². The molecule has 3 rings (SSSR count). The zero-order valence-corrected chi connectivity index (χ0v) is 17.7. The lowest BCUT2D eigenvalue weighted by Gasteiger charge is -2.42. The summed E-state index contributed by atoms with van der Waals surface area (Å²) in [5.74, 6) is 0.572. The zero-order chi connectivity index (χ0) is 20.1. The summed E-state index contributed by atoms with van der Waals surface area (Å²) >= 11 is 6.45. The molecule has 1 amide bonds. The van der Waals surface area contributed by atoms with Gasteiger partial charge in [-0.05, 0) is 57.2 Å². The quantitative estimate of drug-likeness (QED) is 0.670. The molecule has 1 fully saturated rings. The van der Waals surface area contributed by atoms with Gasteiger partial charge in [0.15, 0.2) is 0 Å². The number of halogens is 1. The Bertz CT molecular complexity index is 807. The van der Waals surface area contributed by atoms with Crippen LogP contribution >= 0.6 is 11.6 Å². The molecule has 2 atom stereocenters. The first-order valence-corrected chi connectivity index (χ1v) is 10.6. The highest BCUT2D eigenvalue weighted by Gasteiger charge is 2.33. The fourth-order valence-corrected chi connectivity index (χ4v) is 4.20. The summed E-state index contributed by atoms with van der Waals surface area (Å²) in [6.07, 6.45) is 9.82. The van der Waals surface area contributed by atoms with Gasteiger partial charge in [-0.25, -0.2) is 4.98 Å². The van der Waals surface area contributed by atoms with E-state index in [0.717, 1.165) is 43.5 Å². The molecule has 0 bridgehead atoms. The maximum atomic E-state index is 13.3. The van der Waals surface area contributed by atoms with Gasteiger partial charge < -0.3 is 10.2 Å². The lowest BCUT2D eigenvalue weighted by molar-refractivity contribution is 0.0422. The third kappa shape index (κ3) is 4.64. The number of carbonyl (C=O) groups is 1. The third-order valence-corrected chi connectivity index (χ3v) is 5.74. The van der Waals surface area contributed by atoms with E-state index in [1.165, 1.54) is 6.42 Å². The van der Waals surface area contributed by atoms with Crippen LogP contribution in [-0.2, 0) is 0 Å². The molecule has 0 aromatic carbocycles. The molecule has 1 aliphatic heterocycles. The van der Waals surface area contributed by atoms with Crippen molar-refractivity contribution in [2.24, 2.45) is 0 Å². The van der Waals surface area contributed by atoms with E-state index in [0.29, 0.717) is 28.5 Å². The smallest absolute Gasteiger partial charge is 0.255 e. The number of carbonyl (C=O) groups excluding carboxylic acids is 1. The first-order chi connectivity index (χ1) is 13.5. The van der Waals surface area contributed by atoms with Crippen molar-refractivity contribution in [3.8, 4) is 0 Å². The molecule has 0 radical (unpaired) electrons. The van der Waals surface area contributed by atoms with Crippen LogP contribution in [0.15, 0.2) is 30.6 Å². The monoisotopic (exact) mass is 400 g/mol. The second-order valence-corrected chi connectivity index (χ2v) is 7.92.